The van der Waals surface area contributed by atoms with Gasteiger partial charge in [-0.2, -0.15) is 5.26 Å². The SMILES string of the molecule is CCCn1c2ccccc2c2nnc(SCC(=O)c3cn(CCC#N)c4ccccc34)nc21. The van der Waals surface area contributed by atoms with Gasteiger partial charge in [0.25, 0.3) is 0 Å². The average Bonchev–Trinajstić information content (AvgIpc) is 3.37. The van der Waals surface area contributed by atoms with Gasteiger partial charge in [0.2, 0.25) is 5.16 Å². The largest absolute Gasteiger partial charge is 0.346 e. The number of carbonyl (C=O) groups excluding carboxylic acids is 1. The highest BCUT2D eigenvalue weighted by molar-refractivity contribution is 7.99. The molecule has 0 amide bonds. The molecular formula is C25H22N6OS. The van der Waals surface area contributed by atoms with Crippen LogP contribution in [0.15, 0.2) is 59.9 Å². The molecule has 8 heteroatoms. The van der Waals surface area contributed by atoms with Crippen LogP contribution in [-0.2, 0) is 13.1 Å². The topological polar surface area (TPSA) is 89.4 Å². The van der Waals surface area contributed by atoms with E-state index in [1.807, 2.05) is 53.2 Å². The van der Waals surface area contributed by atoms with Crippen molar-refractivity contribution in [2.45, 2.75) is 38.0 Å². The summed E-state index contributed by atoms with van der Waals surface area (Å²) in [5.74, 6) is 0.220. The maximum Gasteiger partial charge on any atom is 0.211 e. The number of thioether (sulfide) groups is 1. The highest BCUT2D eigenvalue weighted by Gasteiger charge is 2.18. The van der Waals surface area contributed by atoms with Crippen LogP contribution >= 0.6 is 11.8 Å². The molecule has 164 valence electrons. The van der Waals surface area contributed by atoms with E-state index in [4.69, 9.17) is 10.2 Å². The Bertz CT molecular complexity index is 1530. The number of para-hydroxylation sites is 2. The number of hydrogen-bond acceptors (Lipinski definition) is 6. The molecule has 0 aliphatic rings. The Morgan fingerprint density at radius 2 is 1.79 bits per heavy atom. The Labute approximate surface area is 195 Å². The molecule has 7 nitrogen and oxygen atoms in total. The van der Waals surface area contributed by atoms with Crippen molar-refractivity contribution in [1.29, 1.82) is 5.26 Å². The molecule has 3 aromatic heterocycles. The van der Waals surface area contributed by atoms with Crippen LogP contribution in [-0.4, -0.2) is 35.9 Å². The number of fused-ring (bicyclic) bond motifs is 4. The normalized spacial score (nSPS) is 11.4. The van der Waals surface area contributed by atoms with Crippen LogP contribution in [0.25, 0.3) is 33.0 Å². The number of nitrogens with zero attached hydrogens (tertiary/aromatic N) is 6. The molecule has 0 spiro atoms. The first kappa shape index (κ1) is 21.2. The molecule has 2 aromatic carbocycles. The Hall–Kier alpha value is -3.70. The van der Waals surface area contributed by atoms with E-state index in [2.05, 4.69) is 33.8 Å². The second kappa shape index (κ2) is 9.04. The van der Waals surface area contributed by atoms with E-state index < -0.39 is 0 Å². The van der Waals surface area contributed by atoms with Gasteiger partial charge in [0.1, 0.15) is 5.52 Å². The van der Waals surface area contributed by atoms with Gasteiger partial charge >= 0.3 is 0 Å². The number of nitriles is 1. The van der Waals surface area contributed by atoms with E-state index in [0.717, 1.165) is 45.9 Å². The van der Waals surface area contributed by atoms with Crippen LogP contribution in [0.3, 0.4) is 0 Å². The maximum atomic E-state index is 13.1. The van der Waals surface area contributed by atoms with E-state index >= 15 is 0 Å². The molecule has 0 aliphatic carbocycles. The molecular weight excluding hydrogens is 432 g/mol. The summed E-state index contributed by atoms with van der Waals surface area (Å²) >= 11 is 1.30. The molecule has 5 rings (SSSR count). The molecule has 0 bridgehead atoms. The highest BCUT2D eigenvalue weighted by Crippen LogP contribution is 2.28. The molecule has 3 heterocycles. The predicted octanol–water partition coefficient (Wildman–Crippen LogP) is 5.23. The predicted molar refractivity (Wildman–Crippen MR) is 130 cm³/mol. The first-order chi connectivity index (χ1) is 16.2. The zero-order chi connectivity index (χ0) is 22.8. The fraction of sp³-hybridized carbons (Fsp3) is 0.240. The summed E-state index contributed by atoms with van der Waals surface area (Å²) in [7, 11) is 0. The number of aromatic nitrogens is 5. The molecule has 0 N–H and O–H groups in total. The zero-order valence-electron chi connectivity index (χ0n) is 18.2. The van der Waals surface area contributed by atoms with Gasteiger partial charge < -0.3 is 9.13 Å². The van der Waals surface area contributed by atoms with Gasteiger partial charge in [0.05, 0.1) is 23.8 Å². The van der Waals surface area contributed by atoms with Gasteiger partial charge in [-0.1, -0.05) is 55.1 Å². The molecule has 5 aromatic rings. The van der Waals surface area contributed by atoms with Crippen molar-refractivity contribution in [2.75, 3.05) is 5.75 Å². The number of carbonyl (C=O) groups is 1. The fourth-order valence-electron chi connectivity index (χ4n) is 4.23. The van der Waals surface area contributed by atoms with Crippen LogP contribution in [0.4, 0.5) is 0 Å². The maximum absolute atomic E-state index is 13.1. The third-order valence-electron chi connectivity index (χ3n) is 5.69. The lowest BCUT2D eigenvalue weighted by Gasteiger charge is -2.04. The van der Waals surface area contributed by atoms with Crippen molar-refractivity contribution in [2.24, 2.45) is 0 Å². The summed E-state index contributed by atoms with van der Waals surface area (Å²) in [5, 5.41) is 20.1. The van der Waals surface area contributed by atoms with E-state index in [-0.39, 0.29) is 11.5 Å². The molecule has 33 heavy (non-hydrogen) atoms. The van der Waals surface area contributed by atoms with E-state index in [1.54, 1.807) is 0 Å². The summed E-state index contributed by atoms with van der Waals surface area (Å²) in [5.41, 5.74) is 4.31. The lowest BCUT2D eigenvalue weighted by Crippen LogP contribution is -2.04. The third-order valence-corrected chi connectivity index (χ3v) is 6.53. The monoisotopic (exact) mass is 454 g/mol. The van der Waals surface area contributed by atoms with Gasteiger partial charge in [-0.25, -0.2) is 4.98 Å². The van der Waals surface area contributed by atoms with E-state index in [0.29, 0.717) is 23.7 Å². The van der Waals surface area contributed by atoms with Crippen molar-refractivity contribution in [1.82, 2.24) is 24.3 Å². The van der Waals surface area contributed by atoms with E-state index in [1.165, 1.54) is 11.8 Å². The lowest BCUT2D eigenvalue weighted by molar-refractivity contribution is 0.102. The number of ketones is 1. The molecule has 0 saturated heterocycles. The van der Waals surface area contributed by atoms with Crippen LogP contribution < -0.4 is 0 Å². The quantitative estimate of drug-likeness (QED) is 0.235. The first-order valence-corrected chi connectivity index (χ1v) is 11.9. The standard InChI is InChI=1S/C25H22N6OS/c1-2-13-31-21-11-6-4-9-18(21)23-24(31)27-25(29-28-23)33-16-22(32)19-15-30(14-7-12-26)20-10-5-3-8-17(19)20/h3-6,8-11,15H,2,7,13-14,16H2,1H3. The molecule has 0 fully saturated rings. The second-order valence-corrected chi connectivity index (χ2v) is 8.75. The summed E-state index contributed by atoms with van der Waals surface area (Å²) < 4.78 is 4.15. The van der Waals surface area contributed by atoms with Crippen molar-refractivity contribution >= 4 is 50.5 Å². The van der Waals surface area contributed by atoms with Gasteiger partial charge in [-0.05, 0) is 18.6 Å². The number of aryl methyl sites for hydroxylation is 2. The first-order valence-electron chi connectivity index (χ1n) is 10.9. The smallest absolute Gasteiger partial charge is 0.211 e. The van der Waals surface area contributed by atoms with Crippen LogP contribution in [0.5, 0.6) is 0 Å². The van der Waals surface area contributed by atoms with Crippen LogP contribution in [0.1, 0.15) is 30.1 Å². The van der Waals surface area contributed by atoms with Crippen molar-refractivity contribution in [3.63, 3.8) is 0 Å². The minimum absolute atomic E-state index is 0.00436. The third kappa shape index (κ3) is 3.85. The van der Waals surface area contributed by atoms with Crippen molar-refractivity contribution < 1.29 is 4.79 Å². The minimum atomic E-state index is 0.00436. The number of Topliss-reactive ketones (excluding diaryl/α,β-unsaturated/α-hetero) is 1. The van der Waals surface area contributed by atoms with Crippen molar-refractivity contribution in [3.8, 4) is 6.07 Å². The highest BCUT2D eigenvalue weighted by atomic mass is 32.2. The number of hydrogen-bond donors (Lipinski definition) is 0. The molecule has 0 unspecified atom stereocenters. The Kier molecular flexibility index (Phi) is 5.80. The molecule has 0 saturated carbocycles. The van der Waals surface area contributed by atoms with Crippen molar-refractivity contribution in [3.05, 3.63) is 60.3 Å². The lowest BCUT2D eigenvalue weighted by atomic mass is 10.1. The average molecular weight is 455 g/mol. The summed E-state index contributed by atoms with van der Waals surface area (Å²) in [6.07, 6.45) is 3.23. The number of rotatable bonds is 8. The van der Waals surface area contributed by atoms with Crippen LogP contribution in [0.2, 0.25) is 0 Å². The molecule has 0 radical (unpaired) electrons. The molecule has 0 atom stereocenters. The van der Waals surface area contributed by atoms with Gasteiger partial charge in [-0.15, -0.1) is 10.2 Å². The second-order valence-electron chi connectivity index (χ2n) is 7.81. The number of benzene rings is 2. The summed E-state index contributed by atoms with van der Waals surface area (Å²) in [6, 6.07) is 18.1. The van der Waals surface area contributed by atoms with Gasteiger partial charge in [0.15, 0.2) is 11.4 Å². The Morgan fingerprint density at radius 1 is 1.03 bits per heavy atom. The van der Waals surface area contributed by atoms with Gasteiger partial charge in [0, 0.05) is 41.1 Å². The molecule has 0 aliphatic heterocycles. The summed E-state index contributed by atoms with van der Waals surface area (Å²) in [6.45, 7) is 3.54. The van der Waals surface area contributed by atoms with Gasteiger partial charge in [-0.3, -0.25) is 4.79 Å². The Morgan fingerprint density at radius 3 is 2.58 bits per heavy atom. The fourth-order valence-corrected chi connectivity index (χ4v) is 4.90. The Balaban J connectivity index is 1.43. The minimum Gasteiger partial charge on any atom is -0.346 e. The van der Waals surface area contributed by atoms with Crippen LogP contribution in [0, 0.1) is 11.3 Å². The zero-order valence-corrected chi connectivity index (χ0v) is 19.0. The van der Waals surface area contributed by atoms with E-state index in [9.17, 15) is 4.79 Å². The summed E-state index contributed by atoms with van der Waals surface area (Å²) in [4.78, 5) is 17.9.